The highest BCUT2D eigenvalue weighted by Crippen LogP contribution is 2.19. The van der Waals surface area contributed by atoms with Crippen molar-refractivity contribution < 1.29 is 24.0 Å². The first-order valence-corrected chi connectivity index (χ1v) is 6.74. The number of carbonyl (C=O) groups excluding carboxylic acids is 2. The maximum atomic E-state index is 11.9. The summed E-state index contributed by atoms with van der Waals surface area (Å²) < 4.78 is 9.79. The monoisotopic (exact) mass is 308 g/mol. The molecule has 1 unspecified atom stereocenters. The van der Waals surface area contributed by atoms with Gasteiger partial charge in [0.05, 0.1) is 18.0 Å². The van der Waals surface area contributed by atoms with Crippen LogP contribution in [0, 0.1) is 16.0 Å². The molecule has 1 heterocycles. The van der Waals surface area contributed by atoms with Gasteiger partial charge in [-0.1, -0.05) is 0 Å². The molecule has 1 fully saturated rings. The van der Waals surface area contributed by atoms with E-state index in [1.54, 1.807) is 0 Å². The number of nitro benzene ring substituents is 1. The molecule has 0 aliphatic carbocycles. The van der Waals surface area contributed by atoms with Gasteiger partial charge in [-0.15, -0.1) is 0 Å². The zero-order valence-electron chi connectivity index (χ0n) is 12.1. The maximum absolute atomic E-state index is 11.9. The van der Waals surface area contributed by atoms with Crippen LogP contribution in [0.5, 0.6) is 0 Å². The largest absolute Gasteiger partial charge is 0.469 e. The number of nitro groups is 1. The van der Waals surface area contributed by atoms with E-state index in [0.717, 1.165) is 0 Å². The van der Waals surface area contributed by atoms with Crippen molar-refractivity contribution in [2.75, 3.05) is 20.2 Å². The molecule has 1 amide bonds. The zero-order valence-corrected chi connectivity index (χ0v) is 12.1. The van der Waals surface area contributed by atoms with Gasteiger partial charge in [-0.05, 0) is 24.1 Å². The predicted molar refractivity (Wildman–Crippen MR) is 75.0 cm³/mol. The van der Waals surface area contributed by atoms with E-state index in [4.69, 9.17) is 4.74 Å². The Bertz CT molecular complexity index is 571. The smallest absolute Gasteiger partial charge is 0.410 e. The van der Waals surface area contributed by atoms with Gasteiger partial charge < -0.3 is 14.4 Å². The van der Waals surface area contributed by atoms with Gasteiger partial charge in [-0.3, -0.25) is 14.9 Å². The lowest BCUT2D eigenvalue weighted by molar-refractivity contribution is -0.384. The van der Waals surface area contributed by atoms with Crippen molar-refractivity contribution >= 4 is 17.7 Å². The average molecular weight is 308 g/mol. The molecule has 1 aliphatic heterocycles. The number of likely N-dealkylation sites (tertiary alicyclic amines) is 1. The topological polar surface area (TPSA) is 99.0 Å². The van der Waals surface area contributed by atoms with Crippen LogP contribution in [-0.4, -0.2) is 42.1 Å². The number of benzene rings is 1. The number of carbonyl (C=O) groups is 2. The molecule has 1 aliphatic rings. The van der Waals surface area contributed by atoms with E-state index in [1.165, 1.54) is 36.3 Å². The third-order valence-corrected chi connectivity index (χ3v) is 3.49. The first-order valence-electron chi connectivity index (χ1n) is 6.74. The van der Waals surface area contributed by atoms with E-state index < -0.39 is 11.0 Å². The van der Waals surface area contributed by atoms with E-state index in [9.17, 15) is 19.7 Å². The summed E-state index contributed by atoms with van der Waals surface area (Å²) >= 11 is 0. The Kier molecular flexibility index (Phi) is 4.92. The number of non-ortho nitro benzene ring substituents is 1. The summed E-state index contributed by atoms with van der Waals surface area (Å²) in [6.07, 6.45) is 0.0454. The molecule has 8 nitrogen and oxygen atoms in total. The third-order valence-electron chi connectivity index (χ3n) is 3.49. The average Bonchev–Trinajstić information content (AvgIpc) is 3.02. The number of methoxy groups -OCH3 is 1. The van der Waals surface area contributed by atoms with Crippen molar-refractivity contribution in [1.29, 1.82) is 0 Å². The van der Waals surface area contributed by atoms with Crippen LogP contribution in [0.25, 0.3) is 0 Å². The molecule has 118 valence electrons. The van der Waals surface area contributed by atoms with Crippen LogP contribution >= 0.6 is 0 Å². The molecule has 1 atom stereocenters. The van der Waals surface area contributed by atoms with E-state index in [1.807, 2.05) is 0 Å². The number of nitrogens with zero attached hydrogens (tertiary/aromatic N) is 2. The number of ether oxygens (including phenoxy) is 2. The van der Waals surface area contributed by atoms with E-state index in [0.29, 0.717) is 18.5 Å². The van der Waals surface area contributed by atoms with Crippen molar-refractivity contribution in [2.24, 2.45) is 5.92 Å². The molecular weight excluding hydrogens is 292 g/mol. The van der Waals surface area contributed by atoms with Crippen LogP contribution in [0.1, 0.15) is 12.0 Å². The van der Waals surface area contributed by atoms with Gasteiger partial charge in [0.1, 0.15) is 6.61 Å². The van der Waals surface area contributed by atoms with Crippen molar-refractivity contribution in [1.82, 2.24) is 4.90 Å². The second-order valence-electron chi connectivity index (χ2n) is 4.93. The molecule has 8 heteroatoms. The van der Waals surface area contributed by atoms with Gasteiger partial charge in [0.25, 0.3) is 5.69 Å². The van der Waals surface area contributed by atoms with Crippen LogP contribution in [0.3, 0.4) is 0 Å². The van der Waals surface area contributed by atoms with Crippen molar-refractivity contribution in [3.63, 3.8) is 0 Å². The van der Waals surface area contributed by atoms with Crippen LogP contribution in [0.15, 0.2) is 24.3 Å². The number of amides is 1. The Morgan fingerprint density at radius 2 is 2.05 bits per heavy atom. The number of hydrogen-bond acceptors (Lipinski definition) is 6. The summed E-state index contributed by atoms with van der Waals surface area (Å²) in [4.78, 5) is 34.8. The highest BCUT2D eigenvalue weighted by molar-refractivity contribution is 5.75. The summed E-state index contributed by atoms with van der Waals surface area (Å²) in [5.41, 5.74) is 0.637. The van der Waals surface area contributed by atoms with Gasteiger partial charge >= 0.3 is 12.1 Å². The molecule has 1 saturated heterocycles. The SMILES string of the molecule is COC(=O)C1CCN(C(=O)OCc2ccc([N+](=O)[O-])cc2)C1. The first-order chi connectivity index (χ1) is 10.5. The second-order valence-corrected chi connectivity index (χ2v) is 4.93. The molecule has 0 bridgehead atoms. The van der Waals surface area contributed by atoms with Gasteiger partial charge in [0.15, 0.2) is 0 Å². The molecule has 22 heavy (non-hydrogen) atoms. The molecule has 2 rings (SSSR count). The number of hydrogen-bond donors (Lipinski definition) is 0. The van der Waals surface area contributed by atoms with E-state index in [-0.39, 0.29) is 30.7 Å². The second kappa shape index (κ2) is 6.88. The Morgan fingerprint density at radius 1 is 1.36 bits per heavy atom. The van der Waals surface area contributed by atoms with Crippen molar-refractivity contribution in [3.8, 4) is 0 Å². The molecule has 0 N–H and O–H groups in total. The van der Waals surface area contributed by atoms with E-state index >= 15 is 0 Å². The highest BCUT2D eigenvalue weighted by Gasteiger charge is 2.32. The lowest BCUT2D eigenvalue weighted by atomic mass is 10.1. The summed E-state index contributed by atoms with van der Waals surface area (Å²) in [6, 6.07) is 5.78. The fourth-order valence-corrected chi connectivity index (χ4v) is 2.24. The quantitative estimate of drug-likeness (QED) is 0.477. The maximum Gasteiger partial charge on any atom is 0.410 e. The summed E-state index contributed by atoms with van der Waals surface area (Å²) in [5, 5.41) is 10.5. The third kappa shape index (κ3) is 3.72. The zero-order chi connectivity index (χ0) is 16.1. The predicted octanol–water partition coefficient (Wildman–Crippen LogP) is 1.73. The van der Waals surface area contributed by atoms with Crippen molar-refractivity contribution in [2.45, 2.75) is 13.0 Å². The number of esters is 1. The van der Waals surface area contributed by atoms with Crippen LogP contribution in [0.2, 0.25) is 0 Å². The Balaban J connectivity index is 1.83. The molecule has 0 radical (unpaired) electrons. The highest BCUT2D eigenvalue weighted by atomic mass is 16.6. The van der Waals surface area contributed by atoms with Crippen LogP contribution in [-0.2, 0) is 20.9 Å². The molecule has 1 aromatic rings. The van der Waals surface area contributed by atoms with E-state index in [2.05, 4.69) is 4.74 Å². The Labute approximate surface area is 126 Å². The Hall–Kier alpha value is -2.64. The van der Waals surface area contributed by atoms with Gasteiger partial charge in [-0.2, -0.15) is 0 Å². The lowest BCUT2D eigenvalue weighted by Gasteiger charge is -2.15. The van der Waals surface area contributed by atoms with Gasteiger partial charge in [0.2, 0.25) is 0 Å². The summed E-state index contributed by atoms with van der Waals surface area (Å²) in [6.45, 7) is 0.751. The molecule has 1 aromatic carbocycles. The summed E-state index contributed by atoms with van der Waals surface area (Å²) in [7, 11) is 1.32. The minimum absolute atomic E-state index is 0.0180. The molecule has 0 spiro atoms. The lowest BCUT2D eigenvalue weighted by Crippen LogP contribution is -2.30. The fourth-order valence-electron chi connectivity index (χ4n) is 2.24. The van der Waals surface area contributed by atoms with Crippen molar-refractivity contribution in [3.05, 3.63) is 39.9 Å². The van der Waals surface area contributed by atoms with Gasteiger partial charge in [-0.25, -0.2) is 4.79 Å². The minimum Gasteiger partial charge on any atom is -0.469 e. The fraction of sp³-hybridized carbons (Fsp3) is 0.429. The minimum atomic E-state index is -0.509. The van der Waals surface area contributed by atoms with Crippen LogP contribution < -0.4 is 0 Å². The standard InChI is InChI=1S/C14H16N2O6/c1-21-13(17)11-6-7-15(8-11)14(18)22-9-10-2-4-12(5-3-10)16(19)20/h2-5,11H,6-9H2,1H3. The van der Waals surface area contributed by atoms with Gasteiger partial charge in [0, 0.05) is 25.2 Å². The first kappa shape index (κ1) is 15.7. The Morgan fingerprint density at radius 3 is 2.64 bits per heavy atom. The molecule has 0 saturated carbocycles. The number of rotatable bonds is 4. The molecular formula is C14H16N2O6. The van der Waals surface area contributed by atoms with Crippen LogP contribution in [0.4, 0.5) is 10.5 Å². The normalized spacial score (nSPS) is 17.1. The summed E-state index contributed by atoms with van der Waals surface area (Å²) in [5.74, 6) is -0.636. The molecule has 0 aromatic heterocycles.